The summed E-state index contributed by atoms with van der Waals surface area (Å²) in [6.07, 6.45) is 2.30. The molecule has 0 bridgehead atoms. The number of aromatic amines is 1. The lowest BCUT2D eigenvalue weighted by molar-refractivity contribution is -0.143. The molecule has 4 atom stereocenters. The Kier molecular flexibility index (Phi) is 8.42. The summed E-state index contributed by atoms with van der Waals surface area (Å²) in [5.41, 5.74) is 1.46. The highest BCUT2D eigenvalue weighted by Gasteiger charge is 2.31. The number of carbonyl (C=O) groups excluding carboxylic acids is 3. The third kappa shape index (κ3) is 6.79. The average molecular weight is 488 g/mol. The van der Waals surface area contributed by atoms with E-state index >= 15 is 0 Å². The van der Waals surface area contributed by atoms with Crippen molar-refractivity contribution >= 4 is 40.6 Å². The number of aromatic nitrogens is 1. The third-order valence-electron chi connectivity index (χ3n) is 5.85. The molecule has 1 aromatic carbocycles. The minimum Gasteiger partial charge on any atom is -0.481 e. The van der Waals surface area contributed by atoms with Crippen molar-refractivity contribution in [2.24, 2.45) is 0 Å². The number of hydrogen-bond donors (Lipinski definition) is 7. The van der Waals surface area contributed by atoms with Crippen molar-refractivity contribution in [1.82, 2.24) is 26.3 Å². The van der Waals surface area contributed by atoms with E-state index in [0.29, 0.717) is 18.5 Å². The SMILES string of the molecule is CC(NC(=O)C1CCCN1)C(=O)NC(CC(=O)O)C(=O)NC(Cc1c[nH]c2ccccc12)C(=O)O. The van der Waals surface area contributed by atoms with Gasteiger partial charge >= 0.3 is 11.9 Å². The molecule has 0 saturated carbocycles. The molecule has 1 aliphatic rings. The Morgan fingerprint density at radius 3 is 2.40 bits per heavy atom. The van der Waals surface area contributed by atoms with Gasteiger partial charge in [0.15, 0.2) is 0 Å². The summed E-state index contributed by atoms with van der Waals surface area (Å²) in [4.78, 5) is 63.8. The summed E-state index contributed by atoms with van der Waals surface area (Å²) in [6, 6.07) is 2.93. The highest BCUT2D eigenvalue weighted by molar-refractivity contribution is 5.95. The lowest BCUT2D eigenvalue weighted by Gasteiger charge is -2.23. The fraction of sp³-hybridized carbons (Fsp3) is 0.435. The van der Waals surface area contributed by atoms with Crippen LogP contribution in [0, 0.1) is 0 Å². The van der Waals surface area contributed by atoms with Crippen molar-refractivity contribution in [3.05, 3.63) is 36.0 Å². The molecule has 1 aliphatic heterocycles. The van der Waals surface area contributed by atoms with Crippen molar-refractivity contribution < 1.29 is 34.2 Å². The molecule has 3 amide bonds. The molecule has 1 saturated heterocycles. The molecule has 2 aromatic rings. The van der Waals surface area contributed by atoms with Gasteiger partial charge in [-0.3, -0.25) is 19.2 Å². The second kappa shape index (κ2) is 11.5. The third-order valence-corrected chi connectivity index (χ3v) is 5.85. The van der Waals surface area contributed by atoms with Crippen LogP contribution in [0.3, 0.4) is 0 Å². The van der Waals surface area contributed by atoms with Crippen LogP contribution < -0.4 is 21.3 Å². The van der Waals surface area contributed by atoms with Crippen molar-refractivity contribution in [2.75, 3.05) is 6.54 Å². The van der Waals surface area contributed by atoms with Gasteiger partial charge in [0.2, 0.25) is 17.7 Å². The van der Waals surface area contributed by atoms with Crippen LogP contribution in [0.5, 0.6) is 0 Å². The summed E-state index contributed by atoms with van der Waals surface area (Å²) < 4.78 is 0. The quantitative estimate of drug-likeness (QED) is 0.221. The first-order valence-corrected chi connectivity index (χ1v) is 11.3. The first kappa shape index (κ1) is 25.7. The maximum atomic E-state index is 12.8. The fourth-order valence-electron chi connectivity index (χ4n) is 3.96. The normalized spacial score (nSPS) is 17.8. The van der Waals surface area contributed by atoms with E-state index in [1.165, 1.54) is 6.92 Å². The number of amides is 3. The Morgan fingerprint density at radius 1 is 1.03 bits per heavy atom. The second-order valence-corrected chi connectivity index (χ2v) is 8.50. The maximum Gasteiger partial charge on any atom is 0.326 e. The fourth-order valence-corrected chi connectivity index (χ4v) is 3.96. The van der Waals surface area contributed by atoms with Crippen molar-refractivity contribution in [2.45, 2.75) is 56.8 Å². The number of para-hydroxylation sites is 1. The van der Waals surface area contributed by atoms with Crippen LogP contribution in [0.25, 0.3) is 10.9 Å². The Bertz CT molecular complexity index is 1110. The number of H-pyrrole nitrogens is 1. The second-order valence-electron chi connectivity index (χ2n) is 8.50. The van der Waals surface area contributed by atoms with Gasteiger partial charge in [-0.15, -0.1) is 0 Å². The number of carboxylic acids is 2. The molecule has 0 radical (unpaired) electrons. The zero-order chi connectivity index (χ0) is 25.5. The van der Waals surface area contributed by atoms with Crippen LogP contribution in [-0.4, -0.2) is 75.6 Å². The number of fused-ring (bicyclic) bond motifs is 1. The standard InChI is InChI=1S/C23H29N5O7/c1-12(26-21(32)16-7-4-8-24-16)20(31)27-17(10-19(29)30)22(33)28-18(23(34)35)9-13-11-25-15-6-3-2-5-14(13)15/h2-3,5-6,11-12,16-18,24-25H,4,7-10H2,1H3,(H,26,32)(H,27,31)(H,28,33)(H,29,30)(H,34,35). The first-order chi connectivity index (χ1) is 16.7. The average Bonchev–Trinajstić information content (AvgIpc) is 3.48. The predicted octanol–water partition coefficient (Wildman–Crippen LogP) is -0.504. The number of aliphatic carboxylic acids is 2. The largest absolute Gasteiger partial charge is 0.481 e. The van der Waals surface area contributed by atoms with Crippen LogP contribution in [0.1, 0.15) is 31.7 Å². The summed E-state index contributed by atoms with van der Waals surface area (Å²) >= 11 is 0. The lowest BCUT2D eigenvalue weighted by atomic mass is 10.0. The Balaban J connectivity index is 1.65. The van der Waals surface area contributed by atoms with E-state index in [-0.39, 0.29) is 12.3 Å². The minimum absolute atomic E-state index is 0.0559. The molecular formula is C23H29N5O7. The number of carboxylic acid groups (broad SMARTS) is 2. The van der Waals surface area contributed by atoms with Crippen LogP contribution >= 0.6 is 0 Å². The molecule has 1 fully saturated rings. The van der Waals surface area contributed by atoms with Crippen LogP contribution in [-0.2, 0) is 30.4 Å². The monoisotopic (exact) mass is 487 g/mol. The molecule has 188 valence electrons. The Labute approximate surface area is 200 Å². The maximum absolute atomic E-state index is 12.8. The summed E-state index contributed by atoms with van der Waals surface area (Å²) in [6.45, 7) is 2.11. The molecule has 4 unspecified atom stereocenters. The van der Waals surface area contributed by atoms with Crippen molar-refractivity contribution in [3.8, 4) is 0 Å². The van der Waals surface area contributed by atoms with Gasteiger partial charge in [0.05, 0.1) is 12.5 Å². The van der Waals surface area contributed by atoms with E-state index in [4.69, 9.17) is 0 Å². The lowest BCUT2D eigenvalue weighted by Crippen LogP contribution is -2.57. The van der Waals surface area contributed by atoms with Crippen molar-refractivity contribution in [1.29, 1.82) is 0 Å². The van der Waals surface area contributed by atoms with E-state index in [9.17, 15) is 34.2 Å². The highest BCUT2D eigenvalue weighted by atomic mass is 16.4. The van der Waals surface area contributed by atoms with Crippen molar-refractivity contribution in [3.63, 3.8) is 0 Å². The predicted molar refractivity (Wildman–Crippen MR) is 124 cm³/mol. The molecule has 1 aromatic heterocycles. The van der Waals surface area contributed by atoms with E-state index in [1.54, 1.807) is 12.3 Å². The smallest absolute Gasteiger partial charge is 0.326 e. The van der Waals surface area contributed by atoms with E-state index in [2.05, 4.69) is 26.3 Å². The van der Waals surface area contributed by atoms with Gasteiger partial charge in [-0.05, 0) is 37.9 Å². The summed E-state index contributed by atoms with van der Waals surface area (Å²) in [7, 11) is 0. The van der Waals surface area contributed by atoms with E-state index in [0.717, 1.165) is 17.3 Å². The number of carbonyl (C=O) groups is 5. The van der Waals surface area contributed by atoms with Crippen LogP contribution in [0.15, 0.2) is 30.5 Å². The van der Waals surface area contributed by atoms with Gasteiger partial charge < -0.3 is 36.5 Å². The van der Waals surface area contributed by atoms with Gasteiger partial charge in [0.1, 0.15) is 18.1 Å². The zero-order valence-corrected chi connectivity index (χ0v) is 19.2. The molecule has 0 spiro atoms. The highest BCUT2D eigenvalue weighted by Crippen LogP contribution is 2.19. The number of rotatable bonds is 11. The number of benzene rings is 1. The number of nitrogens with one attached hydrogen (secondary N) is 5. The Hall–Kier alpha value is -3.93. The molecule has 2 heterocycles. The molecule has 35 heavy (non-hydrogen) atoms. The molecule has 3 rings (SSSR count). The minimum atomic E-state index is -1.53. The van der Waals surface area contributed by atoms with Gasteiger partial charge in [-0.25, -0.2) is 4.79 Å². The molecule has 7 N–H and O–H groups in total. The van der Waals surface area contributed by atoms with Gasteiger partial charge in [-0.1, -0.05) is 18.2 Å². The molecule has 0 aliphatic carbocycles. The molecule has 12 heteroatoms. The summed E-state index contributed by atoms with van der Waals surface area (Å²) in [5, 5.41) is 29.8. The Morgan fingerprint density at radius 2 is 1.74 bits per heavy atom. The van der Waals surface area contributed by atoms with Gasteiger partial charge in [-0.2, -0.15) is 0 Å². The molecule has 12 nitrogen and oxygen atoms in total. The first-order valence-electron chi connectivity index (χ1n) is 11.3. The van der Waals surface area contributed by atoms with Gasteiger partial charge in [0, 0.05) is 23.5 Å². The topological polar surface area (TPSA) is 190 Å². The zero-order valence-electron chi connectivity index (χ0n) is 19.2. The van der Waals surface area contributed by atoms with Crippen LogP contribution in [0.2, 0.25) is 0 Å². The number of hydrogen-bond acceptors (Lipinski definition) is 6. The van der Waals surface area contributed by atoms with Crippen LogP contribution in [0.4, 0.5) is 0 Å². The summed E-state index contributed by atoms with van der Waals surface area (Å²) in [5.74, 6) is -4.76. The van der Waals surface area contributed by atoms with E-state index < -0.39 is 54.3 Å². The van der Waals surface area contributed by atoms with E-state index in [1.807, 2.05) is 18.2 Å². The molecular weight excluding hydrogens is 458 g/mol. The van der Waals surface area contributed by atoms with Gasteiger partial charge in [0.25, 0.3) is 0 Å².